The molecule has 0 radical (unpaired) electrons. The molecule has 94 valence electrons. The predicted octanol–water partition coefficient (Wildman–Crippen LogP) is -0.389. The third-order valence-corrected chi connectivity index (χ3v) is 2.41. The van der Waals surface area contributed by atoms with E-state index >= 15 is 0 Å². The molecule has 1 aromatic carbocycles. The number of nitrogens with zero attached hydrogens (tertiary/aromatic N) is 4. The molecular weight excluding hydrogens is 232 g/mol. The van der Waals surface area contributed by atoms with E-state index in [9.17, 15) is 4.79 Å². The lowest BCUT2D eigenvalue weighted by Gasteiger charge is -2.08. The summed E-state index contributed by atoms with van der Waals surface area (Å²) in [5.41, 5.74) is 1.20. The molecule has 0 spiro atoms. The zero-order valence-electron chi connectivity index (χ0n) is 10.00. The monoisotopic (exact) mass is 246 g/mol. The fourth-order valence-electron chi connectivity index (χ4n) is 1.53. The number of tetrazole rings is 1. The number of hydrogen-bond donors (Lipinski definition) is 2. The topological polar surface area (TPSA) is 84.7 Å². The van der Waals surface area contributed by atoms with E-state index in [0.29, 0.717) is 17.8 Å². The van der Waals surface area contributed by atoms with Gasteiger partial charge in [0.05, 0.1) is 11.3 Å². The van der Waals surface area contributed by atoms with Crippen molar-refractivity contribution in [3.8, 4) is 5.69 Å². The molecule has 1 heterocycles. The molecule has 7 heteroatoms. The molecule has 0 bridgehead atoms. The number of carbonyl (C=O) groups excluding carboxylic acids is 1. The summed E-state index contributed by atoms with van der Waals surface area (Å²) in [4.78, 5) is 12.0. The van der Waals surface area contributed by atoms with Gasteiger partial charge in [-0.3, -0.25) is 4.79 Å². The minimum absolute atomic E-state index is 0.142. The Morgan fingerprint density at radius 2 is 2.17 bits per heavy atom. The first-order valence-electron chi connectivity index (χ1n) is 5.58. The van der Waals surface area contributed by atoms with Crippen LogP contribution in [-0.4, -0.2) is 46.3 Å². The van der Waals surface area contributed by atoms with Crippen molar-refractivity contribution in [3.63, 3.8) is 0 Å². The second-order valence-electron chi connectivity index (χ2n) is 3.63. The number of para-hydroxylation sites is 1. The van der Waals surface area contributed by atoms with Crippen LogP contribution in [0.4, 0.5) is 0 Å². The van der Waals surface area contributed by atoms with Crippen LogP contribution in [0.3, 0.4) is 0 Å². The van der Waals surface area contributed by atoms with Gasteiger partial charge in [0.2, 0.25) is 0 Å². The lowest BCUT2D eigenvalue weighted by atomic mass is 10.1. The maximum Gasteiger partial charge on any atom is 0.253 e. The first-order valence-corrected chi connectivity index (χ1v) is 5.58. The van der Waals surface area contributed by atoms with Crippen molar-refractivity contribution in [2.45, 2.75) is 0 Å². The molecule has 2 rings (SSSR count). The van der Waals surface area contributed by atoms with Gasteiger partial charge < -0.3 is 10.6 Å². The van der Waals surface area contributed by atoms with Gasteiger partial charge in [0.25, 0.3) is 5.91 Å². The van der Waals surface area contributed by atoms with E-state index in [0.717, 1.165) is 6.54 Å². The largest absolute Gasteiger partial charge is 0.351 e. The summed E-state index contributed by atoms with van der Waals surface area (Å²) in [7, 11) is 1.83. The molecule has 0 unspecified atom stereocenters. The average Bonchev–Trinajstić information content (AvgIpc) is 2.93. The van der Waals surface area contributed by atoms with Crippen molar-refractivity contribution in [1.82, 2.24) is 30.8 Å². The number of hydrogen-bond acceptors (Lipinski definition) is 5. The minimum atomic E-state index is -0.142. The van der Waals surface area contributed by atoms with Crippen LogP contribution in [-0.2, 0) is 0 Å². The summed E-state index contributed by atoms with van der Waals surface area (Å²) >= 11 is 0. The minimum Gasteiger partial charge on any atom is -0.351 e. The third-order valence-electron chi connectivity index (χ3n) is 2.41. The Hall–Kier alpha value is -2.28. The predicted molar refractivity (Wildman–Crippen MR) is 65.4 cm³/mol. The summed E-state index contributed by atoms with van der Waals surface area (Å²) < 4.78 is 1.47. The molecule has 0 aliphatic heterocycles. The first-order chi connectivity index (χ1) is 8.83. The van der Waals surface area contributed by atoms with Crippen LogP contribution in [0.1, 0.15) is 10.4 Å². The quantitative estimate of drug-likeness (QED) is 0.702. The van der Waals surface area contributed by atoms with Crippen LogP contribution in [0.25, 0.3) is 5.69 Å². The number of amides is 1. The van der Waals surface area contributed by atoms with E-state index in [1.807, 2.05) is 13.1 Å². The van der Waals surface area contributed by atoms with Crippen LogP contribution >= 0.6 is 0 Å². The molecule has 0 atom stereocenters. The molecule has 2 N–H and O–H groups in total. The average molecular weight is 246 g/mol. The molecule has 0 aliphatic rings. The van der Waals surface area contributed by atoms with Crippen LogP contribution in [0.5, 0.6) is 0 Å². The Balaban J connectivity index is 2.20. The van der Waals surface area contributed by atoms with Crippen LogP contribution in [0, 0.1) is 0 Å². The van der Waals surface area contributed by atoms with Crippen LogP contribution in [0.2, 0.25) is 0 Å². The normalized spacial score (nSPS) is 10.3. The van der Waals surface area contributed by atoms with Gasteiger partial charge in [-0.15, -0.1) is 5.10 Å². The molecule has 1 aromatic heterocycles. The number of aromatic nitrogens is 4. The fourth-order valence-corrected chi connectivity index (χ4v) is 1.53. The Bertz CT molecular complexity index is 510. The van der Waals surface area contributed by atoms with Crippen molar-refractivity contribution in [2.75, 3.05) is 20.1 Å². The van der Waals surface area contributed by atoms with Crippen molar-refractivity contribution >= 4 is 5.91 Å². The van der Waals surface area contributed by atoms with E-state index in [2.05, 4.69) is 26.2 Å². The second kappa shape index (κ2) is 5.87. The first kappa shape index (κ1) is 12.2. The van der Waals surface area contributed by atoms with Gasteiger partial charge in [0.15, 0.2) is 0 Å². The van der Waals surface area contributed by atoms with Gasteiger partial charge in [-0.05, 0) is 29.6 Å². The summed E-state index contributed by atoms with van der Waals surface area (Å²) in [6, 6.07) is 7.18. The third kappa shape index (κ3) is 2.69. The molecular formula is C11H14N6O. The highest BCUT2D eigenvalue weighted by molar-refractivity contribution is 5.97. The highest BCUT2D eigenvalue weighted by atomic mass is 16.1. The smallest absolute Gasteiger partial charge is 0.253 e. The van der Waals surface area contributed by atoms with Gasteiger partial charge in [-0.1, -0.05) is 12.1 Å². The standard InChI is InChI=1S/C11H14N6O/c1-12-6-7-13-11(18)9-4-2-3-5-10(9)17-8-14-15-16-17/h2-5,8,12H,6-7H2,1H3,(H,13,18). The summed E-state index contributed by atoms with van der Waals surface area (Å²) in [6.45, 7) is 1.29. The Kier molecular flexibility index (Phi) is 3.98. The van der Waals surface area contributed by atoms with E-state index in [1.165, 1.54) is 11.0 Å². The van der Waals surface area contributed by atoms with Gasteiger partial charge >= 0.3 is 0 Å². The summed E-state index contributed by atoms with van der Waals surface area (Å²) in [5.74, 6) is -0.142. The lowest BCUT2D eigenvalue weighted by molar-refractivity contribution is 0.0954. The number of nitrogens with one attached hydrogen (secondary N) is 2. The Morgan fingerprint density at radius 1 is 1.33 bits per heavy atom. The highest BCUT2D eigenvalue weighted by Crippen LogP contribution is 2.12. The molecule has 0 saturated carbocycles. The van der Waals surface area contributed by atoms with Crippen LogP contribution < -0.4 is 10.6 Å². The van der Waals surface area contributed by atoms with Gasteiger partial charge in [-0.2, -0.15) is 4.68 Å². The Labute approximate surface area is 104 Å². The van der Waals surface area contributed by atoms with E-state index in [1.54, 1.807) is 18.2 Å². The number of rotatable bonds is 5. The number of likely N-dealkylation sites (N-methyl/N-ethyl adjacent to an activating group) is 1. The molecule has 7 nitrogen and oxygen atoms in total. The molecule has 1 amide bonds. The number of benzene rings is 1. The van der Waals surface area contributed by atoms with Crippen molar-refractivity contribution < 1.29 is 4.79 Å². The zero-order chi connectivity index (χ0) is 12.8. The van der Waals surface area contributed by atoms with Gasteiger partial charge in [-0.25, -0.2) is 0 Å². The zero-order valence-corrected chi connectivity index (χ0v) is 10.00. The van der Waals surface area contributed by atoms with E-state index in [4.69, 9.17) is 0 Å². The van der Waals surface area contributed by atoms with Crippen molar-refractivity contribution in [1.29, 1.82) is 0 Å². The Morgan fingerprint density at radius 3 is 2.89 bits per heavy atom. The molecule has 0 saturated heterocycles. The lowest BCUT2D eigenvalue weighted by Crippen LogP contribution is -2.31. The van der Waals surface area contributed by atoms with Crippen molar-refractivity contribution in [2.24, 2.45) is 0 Å². The SMILES string of the molecule is CNCCNC(=O)c1ccccc1-n1cnnn1. The van der Waals surface area contributed by atoms with Crippen molar-refractivity contribution in [3.05, 3.63) is 36.2 Å². The van der Waals surface area contributed by atoms with Crippen LogP contribution in [0.15, 0.2) is 30.6 Å². The molecule has 0 fully saturated rings. The van der Waals surface area contributed by atoms with Gasteiger partial charge in [0, 0.05) is 13.1 Å². The second-order valence-corrected chi connectivity index (χ2v) is 3.63. The maximum atomic E-state index is 12.0. The molecule has 0 aliphatic carbocycles. The van der Waals surface area contributed by atoms with Gasteiger partial charge in [0.1, 0.15) is 6.33 Å². The molecule has 2 aromatic rings. The summed E-state index contributed by atoms with van der Waals surface area (Å²) in [5, 5.41) is 16.7. The summed E-state index contributed by atoms with van der Waals surface area (Å²) in [6.07, 6.45) is 1.46. The molecule has 18 heavy (non-hydrogen) atoms. The maximum absolute atomic E-state index is 12.0. The van der Waals surface area contributed by atoms with E-state index < -0.39 is 0 Å². The highest BCUT2D eigenvalue weighted by Gasteiger charge is 2.12. The fraction of sp³-hybridized carbons (Fsp3) is 0.273. The number of carbonyl (C=O) groups is 1. The van der Waals surface area contributed by atoms with E-state index in [-0.39, 0.29) is 5.91 Å².